The minimum atomic E-state index is 1.11. The zero-order chi connectivity index (χ0) is 34.4. The molecule has 1 heterocycles. The van der Waals surface area contributed by atoms with Gasteiger partial charge < -0.3 is 4.90 Å². The molecule has 0 N–H and O–H groups in total. The summed E-state index contributed by atoms with van der Waals surface area (Å²) in [4.78, 5) is 2.36. The van der Waals surface area contributed by atoms with Crippen LogP contribution in [0.1, 0.15) is 0 Å². The minimum Gasteiger partial charge on any atom is -0.310 e. The van der Waals surface area contributed by atoms with E-state index in [1.165, 1.54) is 75.1 Å². The molecule has 0 atom stereocenters. The van der Waals surface area contributed by atoms with Crippen LogP contribution in [0, 0.1) is 0 Å². The third-order valence-electron chi connectivity index (χ3n) is 10.2. The highest BCUT2D eigenvalue weighted by Gasteiger charge is 2.15. The van der Waals surface area contributed by atoms with Crippen molar-refractivity contribution < 1.29 is 0 Å². The molecule has 0 saturated carbocycles. The molecule has 1 aromatic heterocycles. The van der Waals surface area contributed by atoms with Crippen molar-refractivity contribution in [2.24, 2.45) is 0 Å². The number of thiophene rings is 1. The van der Waals surface area contributed by atoms with Gasteiger partial charge in [-0.2, -0.15) is 0 Å². The van der Waals surface area contributed by atoms with Gasteiger partial charge in [-0.25, -0.2) is 0 Å². The number of hydrogen-bond donors (Lipinski definition) is 0. The summed E-state index contributed by atoms with van der Waals surface area (Å²) in [5.41, 5.74) is 10.6. The van der Waals surface area contributed by atoms with Crippen molar-refractivity contribution in [3.05, 3.63) is 200 Å². The standard InChI is InChI=1S/C50H33NS/c1-2-9-34(10-3-1)39-13-8-14-46(31-39)51(44-25-21-36(22-26-44)40-18-17-35-11-4-5-12-38(35)29-40)45-27-23-37(24-28-45)41-19-20-42-33-50-48(32-43(42)30-41)47-15-6-7-16-49(47)52-50/h1-33H. The molecule has 0 amide bonds. The molecule has 0 spiro atoms. The van der Waals surface area contributed by atoms with E-state index in [0.717, 1.165) is 17.1 Å². The van der Waals surface area contributed by atoms with Crippen LogP contribution in [0.15, 0.2) is 200 Å². The summed E-state index contributed by atoms with van der Waals surface area (Å²) < 4.78 is 2.68. The van der Waals surface area contributed by atoms with Gasteiger partial charge in [0.25, 0.3) is 0 Å². The van der Waals surface area contributed by atoms with Crippen LogP contribution in [0.25, 0.3) is 75.1 Å². The van der Waals surface area contributed by atoms with E-state index in [1.807, 2.05) is 11.3 Å². The molecule has 0 bridgehead atoms. The zero-order valence-corrected chi connectivity index (χ0v) is 29.2. The molecule has 0 aliphatic heterocycles. The Morgan fingerprint density at radius 1 is 0.269 bits per heavy atom. The quantitative estimate of drug-likeness (QED) is 0.169. The highest BCUT2D eigenvalue weighted by molar-refractivity contribution is 7.25. The van der Waals surface area contributed by atoms with Gasteiger partial charge in [-0.1, -0.05) is 133 Å². The molecule has 2 heteroatoms. The maximum atomic E-state index is 2.37. The number of hydrogen-bond acceptors (Lipinski definition) is 2. The van der Waals surface area contributed by atoms with Crippen molar-refractivity contribution in [1.29, 1.82) is 0 Å². The average molecular weight is 680 g/mol. The van der Waals surface area contributed by atoms with E-state index in [0.29, 0.717) is 0 Å². The fraction of sp³-hybridized carbons (Fsp3) is 0. The second-order valence-corrected chi connectivity index (χ2v) is 14.5. The maximum Gasteiger partial charge on any atom is 0.0467 e. The summed E-state index contributed by atoms with van der Waals surface area (Å²) in [7, 11) is 0. The Bertz CT molecular complexity index is 2890. The summed E-state index contributed by atoms with van der Waals surface area (Å²) in [6.07, 6.45) is 0. The number of rotatable bonds is 6. The molecule has 10 rings (SSSR count). The van der Waals surface area contributed by atoms with Crippen molar-refractivity contribution in [1.82, 2.24) is 0 Å². The molecule has 52 heavy (non-hydrogen) atoms. The second-order valence-electron chi connectivity index (χ2n) is 13.4. The highest BCUT2D eigenvalue weighted by Crippen LogP contribution is 2.40. The topological polar surface area (TPSA) is 3.24 Å². The van der Waals surface area contributed by atoms with Crippen LogP contribution in [-0.4, -0.2) is 0 Å². The van der Waals surface area contributed by atoms with Crippen LogP contribution in [-0.2, 0) is 0 Å². The van der Waals surface area contributed by atoms with Gasteiger partial charge in [-0.3, -0.25) is 0 Å². The Balaban J connectivity index is 1.03. The van der Waals surface area contributed by atoms with E-state index in [9.17, 15) is 0 Å². The van der Waals surface area contributed by atoms with Crippen LogP contribution in [0.2, 0.25) is 0 Å². The van der Waals surface area contributed by atoms with E-state index in [1.54, 1.807) is 0 Å². The Hall–Kier alpha value is -6.48. The van der Waals surface area contributed by atoms with Crippen molar-refractivity contribution in [3.63, 3.8) is 0 Å². The molecule has 10 aromatic rings. The van der Waals surface area contributed by atoms with E-state index in [2.05, 4.69) is 205 Å². The summed E-state index contributed by atoms with van der Waals surface area (Å²) in [5, 5.41) is 7.72. The lowest BCUT2D eigenvalue weighted by molar-refractivity contribution is 1.28. The lowest BCUT2D eigenvalue weighted by Crippen LogP contribution is -2.10. The van der Waals surface area contributed by atoms with Gasteiger partial charge >= 0.3 is 0 Å². The van der Waals surface area contributed by atoms with Gasteiger partial charge in [-0.05, 0) is 122 Å². The number of benzene rings is 9. The van der Waals surface area contributed by atoms with Crippen LogP contribution >= 0.6 is 11.3 Å². The first kappa shape index (κ1) is 30.4. The van der Waals surface area contributed by atoms with Gasteiger partial charge in [0.05, 0.1) is 0 Å². The van der Waals surface area contributed by atoms with Crippen LogP contribution < -0.4 is 4.90 Å². The van der Waals surface area contributed by atoms with E-state index < -0.39 is 0 Å². The van der Waals surface area contributed by atoms with E-state index in [4.69, 9.17) is 0 Å². The molecule has 0 aliphatic rings. The van der Waals surface area contributed by atoms with Gasteiger partial charge in [-0.15, -0.1) is 11.3 Å². The average Bonchev–Trinajstić information content (AvgIpc) is 3.58. The fourth-order valence-electron chi connectivity index (χ4n) is 7.53. The lowest BCUT2D eigenvalue weighted by Gasteiger charge is -2.26. The predicted octanol–water partition coefficient (Wildman–Crippen LogP) is 14.8. The van der Waals surface area contributed by atoms with Crippen LogP contribution in [0.4, 0.5) is 17.1 Å². The minimum absolute atomic E-state index is 1.11. The SMILES string of the molecule is c1ccc(-c2cccc(N(c3ccc(-c4ccc5ccccc5c4)cc3)c3ccc(-c4ccc5cc6sc7ccccc7c6cc5c4)cc3)c2)cc1. The predicted molar refractivity (Wildman–Crippen MR) is 225 cm³/mol. The van der Waals surface area contributed by atoms with Crippen molar-refractivity contribution in [3.8, 4) is 33.4 Å². The summed E-state index contributed by atoms with van der Waals surface area (Å²) >= 11 is 1.87. The van der Waals surface area contributed by atoms with Gasteiger partial charge in [0, 0.05) is 37.2 Å². The Labute approximate surface area is 307 Å². The van der Waals surface area contributed by atoms with Crippen LogP contribution in [0.3, 0.4) is 0 Å². The zero-order valence-electron chi connectivity index (χ0n) is 28.4. The molecular weight excluding hydrogens is 647 g/mol. The van der Waals surface area contributed by atoms with Crippen molar-refractivity contribution in [2.75, 3.05) is 4.90 Å². The van der Waals surface area contributed by atoms with Crippen molar-refractivity contribution >= 4 is 70.1 Å². The number of anilines is 3. The van der Waals surface area contributed by atoms with Crippen LogP contribution in [0.5, 0.6) is 0 Å². The van der Waals surface area contributed by atoms with Crippen molar-refractivity contribution in [2.45, 2.75) is 0 Å². The summed E-state index contributed by atoms with van der Waals surface area (Å²) in [5.74, 6) is 0. The first-order valence-electron chi connectivity index (χ1n) is 17.7. The molecular formula is C50H33NS. The molecule has 0 fully saturated rings. The summed E-state index contributed by atoms with van der Waals surface area (Å²) in [6.45, 7) is 0. The first-order valence-corrected chi connectivity index (χ1v) is 18.6. The number of fused-ring (bicyclic) bond motifs is 5. The molecule has 0 unspecified atom stereocenters. The molecule has 0 aliphatic carbocycles. The highest BCUT2D eigenvalue weighted by atomic mass is 32.1. The molecule has 9 aromatic carbocycles. The smallest absolute Gasteiger partial charge is 0.0467 e. The number of nitrogens with zero attached hydrogens (tertiary/aromatic N) is 1. The Morgan fingerprint density at radius 3 is 1.56 bits per heavy atom. The third kappa shape index (κ3) is 5.51. The fourth-order valence-corrected chi connectivity index (χ4v) is 8.66. The van der Waals surface area contributed by atoms with Gasteiger partial charge in [0.2, 0.25) is 0 Å². The first-order chi connectivity index (χ1) is 25.7. The molecule has 0 radical (unpaired) electrons. The summed E-state index contributed by atoms with van der Waals surface area (Å²) in [6, 6.07) is 73.0. The van der Waals surface area contributed by atoms with Gasteiger partial charge in [0.15, 0.2) is 0 Å². The maximum absolute atomic E-state index is 2.37. The molecule has 1 nitrogen and oxygen atoms in total. The monoisotopic (exact) mass is 679 g/mol. The van der Waals surface area contributed by atoms with E-state index in [-0.39, 0.29) is 0 Å². The largest absolute Gasteiger partial charge is 0.310 e. The van der Waals surface area contributed by atoms with Gasteiger partial charge in [0.1, 0.15) is 0 Å². The Morgan fingerprint density at radius 2 is 0.808 bits per heavy atom. The lowest BCUT2D eigenvalue weighted by atomic mass is 9.99. The van der Waals surface area contributed by atoms with E-state index >= 15 is 0 Å². The molecule has 0 saturated heterocycles. The Kier molecular flexibility index (Phi) is 7.41. The second kappa shape index (κ2) is 12.7. The normalized spacial score (nSPS) is 11.5. The molecule has 244 valence electrons. The third-order valence-corrected chi connectivity index (χ3v) is 11.3.